The van der Waals surface area contributed by atoms with Crippen molar-refractivity contribution in [1.29, 1.82) is 0 Å². The van der Waals surface area contributed by atoms with Gasteiger partial charge in [-0.25, -0.2) is 19.9 Å². The molecule has 1 N–H and O–H groups in total. The summed E-state index contributed by atoms with van der Waals surface area (Å²) in [7, 11) is 0. The fourth-order valence-corrected chi connectivity index (χ4v) is 5.11. The molecule has 0 saturated carbocycles. The second kappa shape index (κ2) is 10.2. The predicted molar refractivity (Wildman–Crippen MR) is 147 cm³/mol. The minimum absolute atomic E-state index is 0.126. The lowest BCUT2D eigenvalue weighted by Gasteiger charge is -2.10. The van der Waals surface area contributed by atoms with Gasteiger partial charge in [0.05, 0.1) is 12.9 Å². The largest absolute Gasteiger partial charge is 0.311 e. The number of imidazole rings is 2. The fourth-order valence-electron chi connectivity index (χ4n) is 4.59. The molecule has 0 amide bonds. The number of nitrogens with zero attached hydrogens (tertiary/aromatic N) is 7. The molecule has 6 aromatic rings. The third-order valence-electron chi connectivity index (χ3n) is 6.54. The molecule has 38 heavy (non-hydrogen) atoms. The SMILES string of the molecule is O=c1[nH]cnc2c1nc(Cn1cnc3c(nc(Br)n3CCc3ccccc3)c1=O)n2CCc1ccccc1. The summed E-state index contributed by atoms with van der Waals surface area (Å²) in [6.07, 6.45) is 4.38. The molecule has 6 rings (SSSR count). The number of H-pyrrole nitrogens is 1. The van der Waals surface area contributed by atoms with Crippen molar-refractivity contribution < 1.29 is 0 Å². The summed E-state index contributed by atoms with van der Waals surface area (Å²) in [5.74, 6) is 0.547. The Morgan fingerprint density at radius 1 is 0.763 bits per heavy atom. The van der Waals surface area contributed by atoms with Gasteiger partial charge < -0.3 is 14.1 Å². The Morgan fingerprint density at radius 3 is 2.08 bits per heavy atom. The molecule has 0 saturated heterocycles. The second-order valence-electron chi connectivity index (χ2n) is 8.94. The number of halogens is 1. The van der Waals surface area contributed by atoms with Crippen LogP contribution in [0.25, 0.3) is 22.3 Å². The van der Waals surface area contributed by atoms with E-state index in [4.69, 9.17) is 0 Å². The van der Waals surface area contributed by atoms with Crippen molar-refractivity contribution in [2.24, 2.45) is 0 Å². The van der Waals surface area contributed by atoms with Crippen LogP contribution in [-0.2, 0) is 32.5 Å². The second-order valence-corrected chi connectivity index (χ2v) is 9.65. The summed E-state index contributed by atoms with van der Waals surface area (Å²) in [6, 6.07) is 20.2. The Morgan fingerprint density at radius 2 is 1.39 bits per heavy atom. The van der Waals surface area contributed by atoms with E-state index in [1.165, 1.54) is 22.8 Å². The molecule has 0 atom stereocenters. The van der Waals surface area contributed by atoms with E-state index in [9.17, 15) is 9.59 Å². The van der Waals surface area contributed by atoms with Crippen LogP contribution in [0.3, 0.4) is 0 Å². The van der Waals surface area contributed by atoms with Crippen LogP contribution in [0, 0.1) is 0 Å². The highest BCUT2D eigenvalue weighted by Crippen LogP contribution is 2.18. The van der Waals surface area contributed by atoms with Crippen molar-refractivity contribution in [3.8, 4) is 0 Å². The zero-order valence-corrected chi connectivity index (χ0v) is 21.9. The van der Waals surface area contributed by atoms with Crippen molar-refractivity contribution >= 4 is 38.3 Å². The Kier molecular flexibility index (Phi) is 6.42. The Balaban J connectivity index is 1.34. The molecule has 10 nitrogen and oxygen atoms in total. The third kappa shape index (κ3) is 4.56. The number of aromatic amines is 1. The summed E-state index contributed by atoms with van der Waals surface area (Å²) in [6.45, 7) is 1.30. The first-order chi connectivity index (χ1) is 18.6. The van der Waals surface area contributed by atoms with Gasteiger partial charge in [0, 0.05) is 13.1 Å². The number of hydrogen-bond acceptors (Lipinski definition) is 6. The lowest BCUT2D eigenvalue weighted by molar-refractivity contribution is 0.618. The van der Waals surface area contributed by atoms with Gasteiger partial charge in [-0.3, -0.25) is 14.2 Å². The van der Waals surface area contributed by atoms with Gasteiger partial charge in [-0.2, -0.15) is 0 Å². The van der Waals surface area contributed by atoms with Crippen molar-refractivity contribution in [2.45, 2.75) is 32.5 Å². The molecule has 0 aliphatic heterocycles. The molecule has 0 aliphatic carbocycles. The molecule has 0 fully saturated rings. The van der Waals surface area contributed by atoms with E-state index in [-0.39, 0.29) is 28.7 Å². The lowest BCUT2D eigenvalue weighted by atomic mass is 10.1. The molecule has 190 valence electrons. The number of hydrogen-bond donors (Lipinski definition) is 1. The van der Waals surface area contributed by atoms with Gasteiger partial charge >= 0.3 is 0 Å². The van der Waals surface area contributed by atoms with E-state index in [1.54, 1.807) is 0 Å². The van der Waals surface area contributed by atoms with Crippen LogP contribution in [-0.4, -0.2) is 38.6 Å². The summed E-state index contributed by atoms with van der Waals surface area (Å²) in [5.41, 5.74) is 3.25. The first-order valence-electron chi connectivity index (χ1n) is 12.2. The van der Waals surface area contributed by atoms with Gasteiger partial charge in [-0.15, -0.1) is 0 Å². The maximum atomic E-state index is 13.5. The highest BCUT2D eigenvalue weighted by atomic mass is 79.9. The van der Waals surface area contributed by atoms with Crippen molar-refractivity contribution in [2.75, 3.05) is 0 Å². The fraction of sp³-hybridized carbons (Fsp3) is 0.185. The van der Waals surface area contributed by atoms with Crippen LogP contribution in [0.1, 0.15) is 17.0 Å². The maximum Gasteiger partial charge on any atom is 0.281 e. The van der Waals surface area contributed by atoms with E-state index < -0.39 is 0 Å². The molecule has 0 spiro atoms. The quantitative estimate of drug-likeness (QED) is 0.280. The lowest BCUT2D eigenvalue weighted by Crippen LogP contribution is -2.23. The van der Waals surface area contributed by atoms with Gasteiger partial charge in [-0.1, -0.05) is 60.7 Å². The topological polar surface area (TPSA) is 116 Å². The van der Waals surface area contributed by atoms with E-state index in [0.29, 0.717) is 34.9 Å². The standard InChI is InChI=1S/C27H23BrN8O2/c28-27-33-22-24(36(27)14-12-19-9-5-2-6-10-19)31-17-34(26(22)38)15-20-32-21-23(29-16-30-25(21)37)35(20)13-11-18-7-3-1-4-8-18/h1-10,16-17H,11-15H2,(H,29,30,37). The monoisotopic (exact) mass is 570 g/mol. The van der Waals surface area contributed by atoms with Gasteiger partial charge in [0.15, 0.2) is 27.1 Å². The number of fused-ring (bicyclic) bond motifs is 2. The summed E-state index contributed by atoms with van der Waals surface area (Å²) >= 11 is 3.50. The highest BCUT2D eigenvalue weighted by Gasteiger charge is 2.18. The molecule has 0 aliphatic rings. The van der Waals surface area contributed by atoms with E-state index in [2.05, 4.69) is 53.0 Å². The van der Waals surface area contributed by atoms with E-state index in [1.807, 2.05) is 57.7 Å². The Hall–Kier alpha value is -4.38. The molecular weight excluding hydrogens is 548 g/mol. The van der Waals surface area contributed by atoms with E-state index in [0.717, 1.165) is 18.4 Å². The normalized spacial score (nSPS) is 11.5. The number of benzene rings is 2. The number of rotatable bonds is 8. The molecule has 0 unspecified atom stereocenters. The first-order valence-corrected chi connectivity index (χ1v) is 13.0. The highest BCUT2D eigenvalue weighted by molar-refractivity contribution is 9.10. The van der Waals surface area contributed by atoms with Crippen LogP contribution in [0.4, 0.5) is 0 Å². The van der Waals surface area contributed by atoms with Crippen molar-refractivity contribution in [3.05, 3.63) is 116 Å². The van der Waals surface area contributed by atoms with Gasteiger partial charge in [0.25, 0.3) is 11.1 Å². The van der Waals surface area contributed by atoms with Gasteiger partial charge in [-0.05, 0) is 39.9 Å². The number of aryl methyl sites for hydroxylation is 4. The van der Waals surface area contributed by atoms with Crippen molar-refractivity contribution in [3.63, 3.8) is 0 Å². The number of nitrogens with one attached hydrogen (secondary N) is 1. The average molecular weight is 571 g/mol. The van der Waals surface area contributed by atoms with Crippen LogP contribution >= 0.6 is 15.9 Å². The smallest absolute Gasteiger partial charge is 0.281 e. The molecular formula is C27H23BrN8O2. The maximum absolute atomic E-state index is 13.5. The van der Waals surface area contributed by atoms with E-state index >= 15 is 0 Å². The molecule has 11 heteroatoms. The van der Waals surface area contributed by atoms with Crippen LogP contribution in [0.5, 0.6) is 0 Å². The summed E-state index contributed by atoms with van der Waals surface area (Å²) in [5, 5.41) is 0. The molecule has 0 bridgehead atoms. The summed E-state index contributed by atoms with van der Waals surface area (Å²) in [4.78, 5) is 46.5. The van der Waals surface area contributed by atoms with Crippen LogP contribution in [0.2, 0.25) is 0 Å². The van der Waals surface area contributed by atoms with Crippen LogP contribution < -0.4 is 11.1 Å². The zero-order chi connectivity index (χ0) is 26.1. The predicted octanol–water partition coefficient (Wildman–Crippen LogP) is 3.32. The zero-order valence-electron chi connectivity index (χ0n) is 20.3. The molecule has 0 radical (unpaired) electrons. The van der Waals surface area contributed by atoms with Crippen molar-refractivity contribution in [1.82, 2.24) is 38.6 Å². The minimum Gasteiger partial charge on any atom is -0.311 e. The average Bonchev–Trinajstić information content (AvgIpc) is 3.46. The number of aromatic nitrogens is 8. The Bertz CT molecular complexity index is 1860. The van der Waals surface area contributed by atoms with Gasteiger partial charge in [0.1, 0.15) is 12.2 Å². The molecule has 2 aromatic carbocycles. The third-order valence-corrected chi connectivity index (χ3v) is 7.15. The molecule has 4 aromatic heterocycles. The van der Waals surface area contributed by atoms with Crippen LogP contribution in [0.15, 0.2) is 87.6 Å². The minimum atomic E-state index is -0.322. The Labute approximate surface area is 224 Å². The van der Waals surface area contributed by atoms with Gasteiger partial charge in [0.2, 0.25) is 0 Å². The first kappa shape index (κ1) is 24.0. The summed E-state index contributed by atoms with van der Waals surface area (Å²) < 4.78 is 5.81. The molecule has 4 heterocycles.